The number of aromatic nitrogens is 2. The van der Waals surface area contributed by atoms with Crippen molar-refractivity contribution in [2.45, 2.75) is 44.8 Å². The third kappa shape index (κ3) is 5.36. The summed E-state index contributed by atoms with van der Waals surface area (Å²) in [5.41, 5.74) is 10.2. The van der Waals surface area contributed by atoms with Crippen LogP contribution in [0.4, 0.5) is 4.79 Å². The van der Waals surface area contributed by atoms with Crippen molar-refractivity contribution in [1.29, 1.82) is 0 Å². The van der Waals surface area contributed by atoms with Gasteiger partial charge in [-0.2, -0.15) is 0 Å². The Labute approximate surface area is 212 Å². The van der Waals surface area contributed by atoms with Gasteiger partial charge in [-0.05, 0) is 41.2 Å². The zero-order valence-electron chi connectivity index (χ0n) is 20.0. The Morgan fingerprint density at radius 1 is 1.19 bits per heavy atom. The molecule has 5 rings (SSSR count). The van der Waals surface area contributed by atoms with E-state index >= 15 is 0 Å². The molecule has 2 aliphatic rings. The first kappa shape index (κ1) is 25.3. The Morgan fingerprint density at radius 2 is 1.97 bits per heavy atom. The SMILES string of the molecule is Cc1cn([C@H]2C[C@H](OP(N)O)[C@@H](COC(=O)OCc3cccc4c3Cc3ccccc3-4)O2)c(=O)[nH]c1=O. The molecule has 1 saturated heterocycles. The number of carbonyl (C=O) groups is 1. The lowest BCUT2D eigenvalue weighted by Crippen LogP contribution is -2.33. The Hall–Kier alpha value is -3.34. The molecule has 12 heteroatoms. The Bertz CT molecular complexity index is 1440. The van der Waals surface area contributed by atoms with Crippen molar-refractivity contribution >= 4 is 14.7 Å². The number of ether oxygens (including phenoxy) is 3. The van der Waals surface area contributed by atoms with Crippen molar-refractivity contribution in [3.8, 4) is 11.1 Å². The molecule has 194 valence electrons. The van der Waals surface area contributed by atoms with Crippen molar-refractivity contribution < 1.29 is 28.4 Å². The summed E-state index contributed by atoms with van der Waals surface area (Å²) in [6, 6.07) is 14.1. The van der Waals surface area contributed by atoms with Gasteiger partial charge >= 0.3 is 11.8 Å². The summed E-state index contributed by atoms with van der Waals surface area (Å²) in [6.45, 7) is 1.35. The van der Waals surface area contributed by atoms with Crippen molar-refractivity contribution in [2.75, 3.05) is 6.61 Å². The number of nitrogens with two attached hydrogens (primary N) is 1. The lowest BCUT2D eigenvalue weighted by Gasteiger charge is -2.19. The molecular weight excluding hydrogens is 501 g/mol. The van der Waals surface area contributed by atoms with E-state index in [0.29, 0.717) is 5.56 Å². The zero-order valence-corrected chi connectivity index (χ0v) is 20.9. The van der Waals surface area contributed by atoms with Gasteiger partial charge in [0.2, 0.25) is 8.53 Å². The summed E-state index contributed by atoms with van der Waals surface area (Å²) in [5.74, 6) is 0. The highest BCUT2D eigenvalue weighted by Crippen LogP contribution is 2.38. The minimum absolute atomic E-state index is 0.0425. The van der Waals surface area contributed by atoms with E-state index in [-0.39, 0.29) is 19.6 Å². The second-order valence-corrected chi connectivity index (χ2v) is 9.73. The van der Waals surface area contributed by atoms with E-state index < -0.39 is 44.4 Å². The van der Waals surface area contributed by atoms with Gasteiger partial charge in [0, 0.05) is 18.2 Å². The molecule has 2 heterocycles. The lowest BCUT2D eigenvalue weighted by atomic mass is 10.0. The first-order valence-electron chi connectivity index (χ1n) is 11.7. The Kier molecular flexibility index (Phi) is 7.23. The van der Waals surface area contributed by atoms with Crippen LogP contribution >= 0.6 is 8.53 Å². The fourth-order valence-corrected chi connectivity index (χ4v) is 5.26. The first-order valence-corrected chi connectivity index (χ1v) is 12.9. The van der Waals surface area contributed by atoms with Crippen LogP contribution in [0.25, 0.3) is 11.1 Å². The van der Waals surface area contributed by atoms with Gasteiger partial charge in [-0.1, -0.05) is 42.5 Å². The number of rotatable bonds is 7. The minimum Gasteiger partial charge on any atom is -0.431 e. The maximum Gasteiger partial charge on any atom is 0.508 e. The summed E-state index contributed by atoms with van der Waals surface area (Å²) < 4.78 is 23.1. The van der Waals surface area contributed by atoms with Crippen LogP contribution in [0.3, 0.4) is 0 Å². The smallest absolute Gasteiger partial charge is 0.431 e. The van der Waals surface area contributed by atoms with Crippen LogP contribution in [0.2, 0.25) is 0 Å². The van der Waals surface area contributed by atoms with Gasteiger partial charge in [-0.15, -0.1) is 0 Å². The number of nitrogens with one attached hydrogen (secondary N) is 1. The third-order valence-electron chi connectivity index (χ3n) is 6.54. The Morgan fingerprint density at radius 3 is 2.78 bits per heavy atom. The minimum atomic E-state index is -2.23. The summed E-state index contributed by atoms with van der Waals surface area (Å²) in [4.78, 5) is 48.1. The number of nitrogens with zero attached hydrogens (tertiary/aromatic N) is 1. The molecule has 4 atom stereocenters. The van der Waals surface area contributed by atoms with Crippen LogP contribution in [0.15, 0.2) is 58.3 Å². The molecular formula is C25H26N3O8P. The van der Waals surface area contributed by atoms with Crippen LogP contribution < -0.4 is 16.8 Å². The van der Waals surface area contributed by atoms with Crippen LogP contribution in [-0.2, 0) is 31.8 Å². The zero-order chi connectivity index (χ0) is 26.1. The molecule has 0 spiro atoms. The monoisotopic (exact) mass is 527 g/mol. The number of carbonyl (C=O) groups excluding carboxylic acids is 1. The van der Waals surface area contributed by atoms with E-state index in [1.807, 2.05) is 24.3 Å². The van der Waals surface area contributed by atoms with Crippen LogP contribution in [0.5, 0.6) is 0 Å². The second kappa shape index (κ2) is 10.6. The van der Waals surface area contributed by atoms with E-state index in [0.717, 1.165) is 23.1 Å². The molecule has 1 aliphatic heterocycles. The van der Waals surface area contributed by atoms with Gasteiger partial charge in [-0.3, -0.25) is 19.8 Å². The van der Waals surface area contributed by atoms with E-state index in [4.69, 9.17) is 24.2 Å². The third-order valence-corrected chi connectivity index (χ3v) is 7.03. The van der Waals surface area contributed by atoms with Gasteiger partial charge in [0.25, 0.3) is 5.56 Å². The quantitative estimate of drug-likeness (QED) is 0.243. The summed E-state index contributed by atoms with van der Waals surface area (Å²) in [7, 11) is -2.23. The maximum absolute atomic E-state index is 12.4. The van der Waals surface area contributed by atoms with Crippen LogP contribution in [0, 0.1) is 6.92 Å². The molecule has 0 saturated carbocycles. The molecule has 0 radical (unpaired) electrons. The molecule has 2 aromatic carbocycles. The van der Waals surface area contributed by atoms with Crippen LogP contribution in [0.1, 0.15) is 34.9 Å². The molecule has 4 N–H and O–H groups in total. The topological polar surface area (TPSA) is 155 Å². The van der Waals surface area contributed by atoms with Crippen molar-refractivity contribution in [3.63, 3.8) is 0 Å². The second-order valence-electron chi connectivity index (χ2n) is 8.92. The molecule has 37 heavy (non-hydrogen) atoms. The standard InChI is InChI=1S/C25H26N3O8P/c1-14-11-28(24(30)27-23(14)29)22-10-20(36-37(26)32)21(35-22)13-34-25(31)33-12-16-6-4-8-18-17-7-3-2-5-15(17)9-19(16)18/h2-8,11,20-22,32H,9-10,12-13,26H2,1H3,(H,27,29,30)/t20-,21+,22+,37?/m0/s1. The normalized spacial score (nSPS) is 20.8. The fraction of sp³-hybridized carbons (Fsp3) is 0.320. The number of hydrogen-bond acceptors (Lipinski definition) is 9. The number of benzene rings is 2. The molecule has 11 nitrogen and oxygen atoms in total. The van der Waals surface area contributed by atoms with Gasteiger partial charge < -0.3 is 23.6 Å². The summed E-state index contributed by atoms with van der Waals surface area (Å²) in [5, 5.41) is 0. The van der Waals surface area contributed by atoms with E-state index in [9.17, 15) is 19.3 Å². The predicted molar refractivity (Wildman–Crippen MR) is 134 cm³/mol. The average molecular weight is 527 g/mol. The van der Waals surface area contributed by atoms with Gasteiger partial charge in [0.15, 0.2) is 0 Å². The highest BCUT2D eigenvalue weighted by molar-refractivity contribution is 7.43. The Balaban J connectivity index is 1.21. The summed E-state index contributed by atoms with van der Waals surface area (Å²) in [6.07, 6.45) is -1.01. The average Bonchev–Trinajstić information content (AvgIpc) is 3.44. The molecule has 1 aliphatic carbocycles. The number of aromatic amines is 1. The van der Waals surface area contributed by atoms with Crippen molar-refractivity contribution in [2.24, 2.45) is 5.50 Å². The van der Waals surface area contributed by atoms with Crippen LogP contribution in [-0.4, -0.2) is 39.4 Å². The predicted octanol–water partition coefficient (Wildman–Crippen LogP) is 2.62. The molecule has 0 bridgehead atoms. The summed E-state index contributed by atoms with van der Waals surface area (Å²) >= 11 is 0. The maximum atomic E-state index is 12.4. The van der Waals surface area contributed by atoms with E-state index in [1.54, 1.807) is 6.92 Å². The molecule has 0 amide bonds. The molecule has 1 unspecified atom stereocenters. The molecule has 1 fully saturated rings. The van der Waals surface area contributed by atoms with Crippen molar-refractivity contribution in [1.82, 2.24) is 9.55 Å². The number of H-pyrrole nitrogens is 1. The molecule has 1 aromatic heterocycles. The largest absolute Gasteiger partial charge is 0.508 e. The molecule has 3 aromatic rings. The highest BCUT2D eigenvalue weighted by Gasteiger charge is 2.39. The van der Waals surface area contributed by atoms with Gasteiger partial charge in [-0.25, -0.2) is 9.59 Å². The van der Waals surface area contributed by atoms with Gasteiger partial charge in [0.1, 0.15) is 25.5 Å². The lowest BCUT2D eigenvalue weighted by molar-refractivity contribution is -0.0561. The number of hydrogen-bond donors (Lipinski definition) is 3. The van der Waals surface area contributed by atoms with Gasteiger partial charge in [0.05, 0.1) is 6.10 Å². The fourth-order valence-electron chi connectivity index (χ4n) is 4.76. The van der Waals surface area contributed by atoms with E-state index in [1.165, 1.54) is 21.9 Å². The van der Waals surface area contributed by atoms with E-state index in [2.05, 4.69) is 23.2 Å². The van der Waals surface area contributed by atoms with Crippen molar-refractivity contribution in [3.05, 3.63) is 91.8 Å². The number of aryl methyl sites for hydroxylation is 1. The highest BCUT2D eigenvalue weighted by atomic mass is 31.2. The first-order chi connectivity index (χ1) is 17.8. The number of fused-ring (bicyclic) bond motifs is 3.